The van der Waals surface area contributed by atoms with Crippen molar-refractivity contribution >= 4 is 17.5 Å². The summed E-state index contributed by atoms with van der Waals surface area (Å²) in [4.78, 5) is 12.1. The van der Waals surface area contributed by atoms with Crippen molar-refractivity contribution in [3.05, 3.63) is 76.9 Å². The van der Waals surface area contributed by atoms with Gasteiger partial charge in [-0.25, -0.2) is 0 Å². The zero-order valence-electron chi connectivity index (χ0n) is 11.6. The Morgan fingerprint density at radius 1 is 1.09 bits per heavy atom. The molecule has 1 heterocycles. The maximum Gasteiger partial charge on any atom is 0.273 e. The molecule has 110 valence electrons. The fraction of sp³-hybridized carbons (Fsp3) is 0.0588. The predicted octanol–water partition coefficient (Wildman–Crippen LogP) is 3.93. The van der Waals surface area contributed by atoms with Crippen LogP contribution in [-0.2, 0) is 6.54 Å². The van der Waals surface area contributed by atoms with E-state index in [1.165, 1.54) is 0 Å². The summed E-state index contributed by atoms with van der Waals surface area (Å²) in [6, 6.07) is 18.5. The number of amides is 1. The molecule has 0 saturated carbocycles. The summed E-state index contributed by atoms with van der Waals surface area (Å²) in [6.07, 6.45) is 0. The molecular formula is C17H13ClN2O2. The van der Waals surface area contributed by atoms with Crippen LogP contribution in [0.3, 0.4) is 0 Å². The zero-order chi connectivity index (χ0) is 15.4. The second kappa shape index (κ2) is 6.45. The molecular weight excluding hydrogens is 300 g/mol. The molecule has 2 aromatic carbocycles. The summed E-state index contributed by atoms with van der Waals surface area (Å²) < 4.78 is 5.21. The molecule has 0 atom stereocenters. The highest BCUT2D eigenvalue weighted by Crippen LogP contribution is 2.20. The van der Waals surface area contributed by atoms with Crippen molar-refractivity contribution in [1.82, 2.24) is 10.5 Å². The molecule has 0 unspecified atom stereocenters. The average molecular weight is 313 g/mol. The standard InChI is InChI=1S/C17H13ClN2O2/c18-14-9-5-4-8-13(14)11-19-17(21)15-10-16(22-20-15)12-6-2-1-3-7-12/h1-10H,11H2,(H,19,21). The topological polar surface area (TPSA) is 55.1 Å². The summed E-state index contributed by atoms with van der Waals surface area (Å²) >= 11 is 6.05. The minimum absolute atomic E-state index is 0.242. The largest absolute Gasteiger partial charge is 0.355 e. The van der Waals surface area contributed by atoms with E-state index >= 15 is 0 Å². The molecule has 1 amide bonds. The molecule has 1 aromatic heterocycles. The van der Waals surface area contributed by atoms with E-state index < -0.39 is 0 Å². The summed E-state index contributed by atoms with van der Waals surface area (Å²) in [7, 11) is 0. The molecule has 4 nitrogen and oxygen atoms in total. The van der Waals surface area contributed by atoms with Gasteiger partial charge < -0.3 is 9.84 Å². The fourth-order valence-electron chi connectivity index (χ4n) is 2.03. The van der Waals surface area contributed by atoms with Gasteiger partial charge in [0.1, 0.15) is 0 Å². The smallest absolute Gasteiger partial charge is 0.273 e. The summed E-state index contributed by atoms with van der Waals surface area (Å²) in [5.41, 5.74) is 1.97. The molecule has 3 aromatic rings. The third-order valence-corrected chi connectivity index (χ3v) is 3.57. The Morgan fingerprint density at radius 2 is 1.82 bits per heavy atom. The third kappa shape index (κ3) is 3.18. The lowest BCUT2D eigenvalue weighted by atomic mass is 10.1. The number of carbonyl (C=O) groups excluding carboxylic acids is 1. The number of nitrogens with one attached hydrogen (secondary N) is 1. The second-order valence-electron chi connectivity index (χ2n) is 4.72. The van der Waals surface area contributed by atoms with Crippen molar-refractivity contribution in [2.24, 2.45) is 0 Å². The van der Waals surface area contributed by atoms with Crippen LogP contribution >= 0.6 is 11.6 Å². The van der Waals surface area contributed by atoms with E-state index in [4.69, 9.17) is 16.1 Å². The minimum Gasteiger partial charge on any atom is -0.355 e. The molecule has 5 heteroatoms. The molecule has 0 saturated heterocycles. The van der Waals surface area contributed by atoms with Gasteiger partial charge in [-0.2, -0.15) is 0 Å². The minimum atomic E-state index is -0.300. The van der Waals surface area contributed by atoms with Gasteiger partial charge in [-0.1, -0.05) is 65.3 Å². The Bertz CT molecular complexity index is 784. The van der Waals surface area contributed by atoms with Crippen LogP contribution in [0.25, 0.3) is 11.3 Å². The van der Waals surface area contributed by atoms with E-state index in [-0.39, 0.29) is 11.6 Å². The van der Waals surface area contributed by atoms with Gasteiger partial charge in [-0.05, 0) is 11.6 Å². The average Bonchev–Trinajstić information content (AvgIpc) is 3.05. The van der Waals surface area contributed by atoms with Gasteiger partial charge in [0.15, 0.2) is 11.5 Å². The van der Waals surface area contributed by atoms with E-state index in [1.807, 2.05) is 48.5 Å². The SMILES string of the molecule is O=C(NCc1ccccc1Cl)c1cc(-c2ccccc2)on1. The number of nitrogens with zero attached hydrogens (tertiary/aromatic N) is 1. The van der Waals surface area contributed by atoms with Crippen LogP contribution in [0.15, 0.2) is 65.2 Å². The quantitative estimate of drug-likeness (QED) is 0.794. The van der Waals surface area contributed by atoms with Crippen LogP contribution in [0.1, 0.15) is 16.1 Å². The molecule has 0 bridgehead atoms. The van der Waals surface area contributed by atoms with Crippen LogP contribution in [-0.4, -0.2) is 11.1 Å². The Hall–Kier alpha value is -2.59. The number of halogens is 1. The van der Waals surface area contributed by atoms with Crippen molar-refractivity contribution < 1.29 is 9.32 Å². The van der Waals surface area contributed by atoms with Gasteiger partial charge in [-0.3, -0.25) is 4.79 Å². The monoisotopic (exact) mass is 312 g/mol. The number of hydrogen-bond donors (Lipinski definition) is 1. The van der Waals surface area contributed by atoms with Gasteiger partial charge in [0.05, 0.1) is 0 Å². The Morgan fingerprint density at radius 3 is 2.59 bits per heavy atom. The second-order valence-corrected chi connectivity index (χ2v) is 5.12. The number of benzene rings is 2. The number of aromatic nitrogens is 1. The van der Waals surface area contributed by atoms with E-state index in [1.54, 1.807) is 12.1 Å². The molecule has 1 N–H and O–H groups in total. The van der Waals surface area contributed by atoms with E-state index in [9.17, 15) is 4.79 Å². The molecule has 0 spiro atoms. The third-order valence-electron chi connectivity index (χ3n) is 3.20. The lowest BCUT2D eigenvalue weighted by Gasteiger charge is -2.04. The maximum absolute atomic E-state index is 12.1. The van der Waals surface area contributed by atoms with Gasteiger partial charge in [0, 0.05) is 23.2 Å². The first kappa shape index (κ1) is 14.4. The van der Waals surface area contributed by atoms with Gasteiger partial charge in [0.2, 0.25) is 0 Å². The van der Waals surface area contributed by atoms with E-state index in [0.717, 1.165) is 11.1 Å². The molecule has 0 fully saturated rings. The maximum atomic E-state index is 12.1. The first-order valence-electron chi connectivity index (χ1n) is 6.78. The Labute approximate surface area is 132 Å². The Kier molecular flexibility index (Phi) is 4.21. The molecule has 3 rings (SSSR count). The molecule has 0 aliphatic rings. The zero-order valence-corrected chi connectivity index (χ0v) is 12.4. The predicted molar refractivity (Wildman–Crippen MR) is 84.6 cm³/mol. The number of carbonyl (C=O) groups is 1. The lowest BCUT2D eigenvalue weighted by Crippen LogP contribution is -2.23. The van der Waals surface area contributed by atoms with Crippen LogP contribution in [0, 0.1) is 0 Å². The molecule has 0 aliphatic heterocycles. The highest BCUT2D eigenvalue weighted by molar-refractivity contribution is 6.31. The van der Waals surface area contributed by atoms with E-state index in [0.29, 0.717) is 17.3 Å². The van der Waals surface area contributed by atoms with Crippen molar-refractivity contribution in [2.75, 3.05) is 0 Å². The van der Waals surface area contributed by atoms with Gasteiger partial charge in [-0.15, -0.1) is 0 Å². The summed E-state index contributed by atoms with van der Waals surface area (Å²) in [6.45, 7) is 0.339. The lowest BCUT2D eigenvalue weighted by molar-refractivity contribution is 0.0942. The molecule has 22 heavy (non-hydrogen) atoms. The van der Waals surface area contributed by atoms with Crippen LogP contribution in [0.2, 0.25) is 5.02 Å². The number of hydrogen-bond acceptors (Lipinski definition) is 3. The van der Waals surface area contributed by atoms with Gasteiger partial charge >= 0.3 is 0 Å². The molecule has 0 radical (unpaired) electrons. The highest BCUT2D eigenvalue weighted by Gasteiger charge is 2.13. The van der Waals surface area contributed by atoms with Crippen molar-refractivity contribution in [3.63, 3.8) is 0 Å². The first-order chi connectivity index (χ1) is 10.7. The first-order valence-corrected chi connectivity index (χ1v) is 7.15. The van der Waals surface area contributed by atoms with E-state index in [2.05, 4.69) is 10.5 Å². The van der Waals surface area contributed by atoms with Crippen molar-refractivity contribution in [1.29, 1.82) is 0 Å². The van der Waals surface area contributed by atoms with Gasteiger partial charge in [0.25, 0.3) is 5.91 Å². The normalized spacial score (nSPS) is 10.4. The van der Waals surface area contributed by atoms with Crippen molar-refractivity contribution in [2.45, 2.75) is 6.54 Å². The van der Waals surface area contributed by atoms with Crippen LogP contribution in [0.5, 0.6) is 0 Å². The van der Waals surface area contributed by atoms with Crippen molar-refractivity contribution in [3.8, 4) is 11.3 Å². The number of rotatable bonds is 4. The molecule has 0 aliphatic carbocycles. The fourth-order valence-corrected chi connectivity index (χ4v) is 2.23. The van der Waals surface area contributed by atoms with Crippen LogP contribution < -0.4 is 5.32 Å². The highest BCUT2D eigenvalue weighted by atomic mass is 35.5. The Balaban J connectivity index is 1.69. The summed E-state index contributed by atoms with van der Waals surface area (Å²) in [5, 5.41) is 7.20. The summed E-state index contributed by atoms with van der Waals surface area (Å²) in [5.74, 6) is 0.259. The van der Waals surface area contributed by atoms with Crippen LogP contribution in [0.4, 0.5) is 0 Å².